The number of rotatable bonds is 10. The van der Waals surface area contributed by atoms with Crippen LogP contribution in [0.25, 0.3) is 0 Å². The number of carbonyl (C=O) groups is 1. The van der Waals surface area contributed by atoms with Crippen molar-refractivity contribution in [3.63, 3.8) is 0 Å². The molecule has 4 rings (SSSR count). The van der Waals surface area contributed by atoms with Crippen LogP contribution >= 0.6 is 0 Å². The molecule has 2 N–H and O–H groups in total. The highest BCUT2D eigenvalue weighted by Crippen LogP contribution is 2.29. The minimum Gasteiger partial charge on any atom is -0.480 e. The Labute approximate surface area is 191 Å². The number of fused-ring (bicyclic) bond motifs is 1. The molecular formula is C26H35N3O3. The Kier molecular flexibility index (Phi) is 7.76. The molecule has 2 aliphatic rings. The molecule has 0 spiro atoms. The normalized spacial score (nSPS) is 19.3. The molecule has 1 aromatic heterocycles. The Bertz CT molecular complexity index is 917. The van der Waals surface area contributed by atoms with Gasteiger partial charge in [0.15, 0.2) is 0 Å². The number of benzene rings is 1. The van der Waals surface area contributed by atoms with Crippen molar-refractivity contribution >= 4 is 11.8 Å². The van der Waals surface area contributed by atoms with Gasteiger partial charge in [-0.15, -0.1) is 0 Å². The Morgan fingerprint density at radius 3 is 3.00 bits per heavy atom. The number of carboxylic acids is 1. The molecule has 32 heavy (non-hydrogen) atoms. The lowest BCUT2D eigenvalue weighted by molar-refractivity contribution is -0.143. The highest BCUT2D eigenvalue weighted by Gasteiger charge is 2.34. The molecule has 1 unspecified atom stereocenters. The van der Waals surface area contributed by atoms with Gasteiger partial charge in [0.1, 0.15) is 11.9 Å². The third-order valence-electron chi connectivity index (χ3n) is 6.64. The SMILES string of the molecule is CCc1ccccc1C(C(=O)O)N1CC[C@@H](OCCCCc2ccc3c(n2)NCCC3)C1. The molecule has 1 fully saturated rings. The van der Waals surface area contributed by atoms with Crippen molar-refractivity contribution in [1.82, 2.24) is 9.88 Å². The molecular weight excluding hydrogens is 402 g/mol. The zero-order chi connectivity index (χ0) is 22.3. The van der Waals surface area contributed by atoms with E-state index in [1.54, 1.807) is 0 Å². The van der Waals surface area contributed by atoms with Gasteiger partial charge < -0.3 is 15.2 Å². The summed E-state index contributed by atoms with van der Waals surface area (Å²) >= 11 is 0. The second kappa shape index (κ2) is 10.9. The van der Waals surface area contributed by atoms with E-state index in [0.29, 0.717) is 13.2 Å². The third kappa shape index (κ3) is 5.48. The fourth-order valence-corrected chi connectivity index (χ4v) is 4.90. The summed E-state index contributed by atoms with van der Waals surface area (Å²) in [4.78, 5) is 18.9. The van der Waals surface area contributed by atoms with Crippen LogP contribution in [-0.4, -0.2) is 53.3 Å². The number of anilines is 1. The van der Waals surface area contributed by atoms with E-state index >= 15 is 0 Å². The predicted molar refractivity (Wildman–Crippen MR) is 126 cm³/mol. The average Bonchev–Trinajstić information content (AvgIpc) is 3.27. The van der Waals surface area contributed by atoms with Crippen molar-refractivity contribution in [2.24, 2.45) is 0 Å². The number of likely N-dealkylation sites (tertiary alicyclic amines) is 1. The lowest BCUT2D eigenvalue weighted by atomic mass is 9.97. The van der Waals surface area contributed by atoms with Crippen molar-refractivity contribution in [3.8, 4) is 0 Å². The van der Waals surface area contributed by atoms with E-state index < -0.39 is 12.0 Å². The third-order valence-corrected chi connectivity index (χ3v) is 6.64. The van der Waals surface area contributed by atoms with Crippen LogP contribution in [-0.2, 0) is 28.8 Å². The first-order valence-corrected chi connectivity index (χ1v) is 12.0. The summed E-state index contributed by atoms with van der Waals surface area (Å²) in [6.07, 6.45) is 7.13. The molecule has 1 aromatic carbocycles. The van der Waals surface area contributed by atoms with Crippen LogP contribution in [0.5, 0.6) is 0 Å². The first-order chi connectivity index (χ1) is 15.7. The lowest BCUT2D eigenvalue weighted by Gasteiger charge is -2.26. The Morgan fingerprint density at radius 1 is 1.28 bits per heavy atom. The maximum absolute atomic E-state index is 12.1. The molecule has 6 nitrogen and oxygen atoms in total. The van der Waals surface area contributed by atoms with Gasteiger partial charge in [0, 0.05) is 31.9 Å². The van der Waals surface area contributed by atoms with Crippen LogP contribution in [0, 0.1) is 0 Å². The molecule has 2 aliphatic heterocycles. The van der Waals surface area contributed by atoms with Crippen LogP contribution in [0.1, 0.15) is 61.0 Å². The van der Waals surface area contributed by atoms with Gasteiger partial charge in [0.05, 0.1) is 6.10 Å². The second-order valence-corrected chi connectivity index (χ2v) is 8.87. The van der Waals surface area contributed by atoms with Gasteiger partial charge >= 0.3 is 5.97 Å². The Morgan fingerprint density at radius 2 is 2.16 bits per heavy atom. The van der Waals surface area contributed by atoms with Crippen molar-refractivity contribution < 1.29 is 14.6 Å². The van der Waals surface area contributed by atoms with Crippen LogP contribution in [0.15, 0.2) is 36.4 Å². The van der Waals surface area contributed by atoms with Crippen molar-refractivity contribution in [2.75, 3.05) is 31.6 Å². The number of nitrogens with one attached hydrogen (secondary N) is 1. The summed E-state index contributed by atoms with van der Waals surface area (Å²) in [6.45, 7) is 5.23. The van der Waals surface area contributed by atoms with E-state index in [2.05, 4.69) is 29.3 Å². The number of ether oxygens (including phenoxy) is 1. The van der Waals surface area contributed by atoms with E-state index in [1.807, 2.05) is 24.3 Å². The molecule has 0 amide bonds. The maximum Gasteiger partial charge on any atom is 0.325 e. The largest absolute Gasteiger partial charge is 0.480 e. The standard InChI is InChI=1S/C26H35N3O3/c1-2-19-8-3-4-11-23(19)24(26(30)31)29-16-14-22(18-29)32-17-6-5-10-21-13-12-20-9-7-15-27-25(20)28-21/h3-4,8,11-13,22,24H,2,5-7,9-10,14-18H2,1H3,(H,27,28)(H,30,31)/t22-,24?/m1/s1. The van der Waals surface area contributed by atoms with Gasteiger partial charge in [-0.2, -0.15) is 0 Å². The minimum atomic E-state index is -0.779. The number of pyridine rings is 1. The monoisotopic (exact) mass is 437 g/mol. The molecule has 0 bridgehead atoms. The predicted octanol–water partition coefficient (Wildman–Crippen LogP) is 4.24. The highest BCUT2D eigenvalue weighted by atomic mass is 16.5. The van der Waals surface area contributed by atoms with Crippen LogP contribution < -0.4 is 5.32 Å². The molecule has 0 radical (unpaired) electrons. The number of unbranched alkanes of at least 4 members (excludes halogenated alkanes) is 1. The van der Waals surface area contributed by atoms with Crippen LogP contribution in [0.2, 0.25) is 0 Å². The summed E-state index contributed by atoms with van der Waals surface area (Å²) in [6, 6.07) is 11.7. The zero-order valence-electron chi connectivity index (χ0n) is 19.1. The van der Waals surface area contributed by atoms with Crippen LogP contribution in [0.3, 0.4) is 0 Å². The van der Waals surface area contributed by atoms with Gasteiger partial charge in [0.25, 0.3) is 0 Å². The summed E-state index contributed by atoms with van der Waals surface area (Å²) in [5.74, 6) is 0.285. The fraction of sp³-hybridized carbons (Fsp3) is 0.538. The molecule has 0 saturated carbocycles. The van der Waals surface area contributed by atoms with Crippen molar-refractivity contribution in [1.29, 1.82) is 0 Å². The van der Waals surface area contributed by atoms with Gasteiger partial charge in [-0.3, -0.25) is 9.69 Å². The number of aliphatic carboxylic acids is 1. The van der Waals surface area contributed by atoms with Gasteiger partial charge in [-0.1, -0.05) is 37.3 Å². The van der Waals surface area contributed by atoms with Gasteiger partial charge in [-0.25, -0.2) is 4.98 Å². The van der Waals surface area contributed by atoms with Crippen LogP contribution in [0.4, 0.5) is 5.82 Å². The van der Waals surface area contributed by atoms with E-state index in [4.69, 9.17) is 9.72 Å². The summed E-state index contributed by atoms with van der Waals surface area (Å²) in [7, 11) is 0. The molecule has 6 heteroatoms. The quantitative estimate of drug-likeness (QED) is 0.542. The number of carboxylic acid groups (broad SMARTS) is 1. The number of hydrogen-bond acceptors (Lipinski definition) is 5. The van der Waals surface area contributed by atoms with E-state index in [-0.39, 0.29) is 6.10 Å². The highest BCUT2D eigenvalue weighted by molar-refractivity contribution is 5.76. The van der Waals surface area contributed by atoms with E-state index in [0.717, 1.165) is 74.3 Å². The summed E-state index contributed by atoms with van der Waals surface area (Å²) in [5.41, 5.74) is 4.49. The molecule has 2 atom stereocenters. The number of nitrogens with zero attached hydrogens (tertiary/aromatic N) is 2. The number of aryl methyl sites for hydroxylation is 3. The molecule has 1 saturated heterocycles. The molecule has 2 aromatic rings. The Balaban J connectivity index is 1.22. The maximum atomic E-state index is 12.1. The lowest BCUT2D eigenvalue weighted by Crippen LogP contribution is -2.34. The topological polar surface area (TPSA) is 74.7 Å². The summed E-state index contributed by atoms with van der Waals surface area (Å²) < 4.78 is 6.12. The first kappa shape index (κ1) is 22.7. The first-order valence-electron chi connectivity index (χ1n) is 12.0. The van der Waals surface area contributed by atoms with Crippen molar-refractivity contribution in [3.05, 3.63) is 58.8 Å². The zero-order valence-corrected chi connectivity index (χ0v) is 19.1. The smallest absolute Gasteiger partial charge is 0.325 e. The average molecular weight is 438 g/mol. The van der Waals surface area contributed by atoms with Crippen molar-refractivity contribution in [2.45, 2.75) is 64.0 Å². The summed E-state index contributed by atoms with van der Waals surface area (Å²) in [5, 5.41) is 13.3. The molecule has 3 heterocycles. The van der Waals surface area contributed by atoms with E-state index in [1.165, 1.54) is 12.0 Å². The fourth-order valence-electron chi connectivity index (χ4n) is 4.90. The van der Waals surface area contributed by atoms with Gasteiger partial charge in [-0.05, 0) is 67.7 Å². The Hall–Kier alpha value is -2.44. The number of hydrogen-bond donors (Lipinski definition) is 2. The number of aromatic nitrogens is 1. The van der Waals surface area contributed by atoms with E-state index in [9.17, 15) is 9.90 Å². The minimum absolute atomic E-state index is 0.108. The molecule has 0 aliphatic carbocycles. The molecule has 172 valence electrons. The second-order valence-electron chi connectivity index (χ2n) is 8.87. The van der Waals surface area contributed by atoms with Gasteiger partial charge in [0.2, 0.25) is 0 Å².